The van der Waals surface area contributed by atoms with Crippen LogP contribution in [0, 0.1) is 11.7 Å². The Morgan fingerprint density at radius 2 is 1.88 bits per heavy atom. The van der Waals surface area contributed by atoms with Gasteiger partial charge >= 0.3 is 0 Å². The number of hydrogen-bond acceptors (Lipinski definition) is 4. The van der Waals surface area contributed by atoms with Crippen molar-refractivity contribution in [2.24, 2.45) is 5.92 Å². The Balaban J connectivity index is 1.45. The summed E-state index contributed by atoms with van der Waals surface area (Å²) in [5.74, 6) is 1.17. The standard InChI is InChI=1S/C20H25FN4/c21-18-6-3-15(4-7-18)10-24-11-16-5-8-19(14-24)25(12-16)13-17-2-1-9-23-20(17)22/h1-4,6-7,9,16,19H,5,8,10-14H2,(H2,22,23)/t16-,19+/m0/s1. The summed E-state index contributed by atoms with van der Waals surface area (Å²) in [6.45, 7) is 5.08. The second-order valence-electron chi connectivity index (χ2n) is 7.39. The fraction of sp³-hybridized carbons (Fsp3) is 0.450. The number of nitrogens with zero attached hydrogens (tertiary/aromatic N) is 3. The fourth-order valence-electron chi connectivity index (χ4n) is 4.25. The largest absolute Gasteiger partial charge is 0.383 e. The van der Waals surface area contributed by atoms with Crippen molar-refractivity contribution in [3.63, 3.8) is 0 Å². The molecule has 3 aliphatic rings. The number of nitrogens with two attached hydrogens (primary N) is 1. The van der Waals surface area contributed by atoms with Crippen molar-refractivity contribution in [2.45, 2.75) is 32.0 Å². The Morgan fingerprint density at radius 3 is 2.68 bits per heavy atom. The van der Waals surface area contributed by atoms with Crippen molar-refractivity contribution < 1.29 is 4.39 Å². The van der Waals surface area contributed by atoms with Gasteiger partial charge in [0.2, 0.25) is 0 Å². The first-order chi connectivity index (χ1) is 12.2. The van der Waals surface area contributed by atoms with Crippen molar-refractivity contribution in [2.75, 3.05) is 25.4 Å². The van der Waals surface area contributed by atoms with Crippen molar-refractivity contribution in [1.82, 2.24) is 14.8 Å². The number of halogens is 1. The maximum absolute atomic E-state index is 13.1. The Kier molecular flexibility index (Phi) is 4.68. The van der Waals surface area contributed by atoms with E-state index in [1.165, 1.54) is 18.4 Å². The number of piperidine rings is 1. The lowest BCUT2D eigenvalue weighted by Gasteiger charge is -2.36. The van der Waals surface area contributed by atoms with Crippen LogP contribution in [0.3, 0.4) is 0 Å². The lowest BCUT2D eigenvalue weighted by atomic mass is 9.94. The third-order valence-electron chi connectivity index (χ3n) is 5.52. The van der Waals surface area contributed by atoms with Gasteiger partial charge < -0.3 is 5.73 Å². The van der Waals surface area contributed by atoms with Gasteiger partial charge in [0.25, 0.3) is 0 Å². The van der Waals surface area contributed by atoms with Crippen LogP contribution in [0.25, 0.3) is 0 Å². The van der Waals surface area contributed by atoms with Gasteiger partial charge in [0, 0.05) is 50.5 Å². The minimum Gasteiger partial charge on any atom is -0.383 e. The lowest BCUT2D eigenvalue weighted by molar-refractivity contribution is 0.123. The molecule has 2 N–H and O–H groups in total. The number of nitrogen functional groups attached to an aromatic ring is 1. The summed E-state index contributed by atoms with van der Waals surface area (Å²) in [5.41, 5.74) is 8.35. The third kappa shape index (κ3) is 3.83. The van der Waals surface area contributed by atoms with E-state index in [2.05, 4.69) is 20.9 Å². The van der Waals surface area contributed by atoms with Crippen molar-refractivity contribution in [1.29, 1.82) is 0 Å². The number of anilines is 1. The second-order valence-corrected chi connectivity index (χ2v) is 7.39. The summed E-state index contributed by atoms with van der Waals surface area (Å²) >= 11 is 0. The summed E-state index contributed by atoms with van der Waals surface area (Å²) < 4.78 is 13.1. The van der Waals surface area contributed by atoms with Gasteiger partial charge in [-0.15, -0.1) is 0 Å². The normalized spacial score (nSPS) is 24.4. The van der Waals surface area contributed by atoms with Crippen LogP contribution in [-0.4, -0.2) is 40.5 Å². The van der Waals surface area contributed by atoms with Gasteiger partial charge in [0.15, 0.2) is 0 Å². The Morgan fingerprint density at radius 1 is 1.04 bits per heavy atom. The molecule has 132 valence electrons. The first-order valence-corrected chi connectivity index (χ1v) is 9.07. The highest BCUT2D eigenvalue weighted by Crippen LogP contribution is 2.30. The first kappa shape index (κ1) is 16.5. The van der Waals surface area contributed by atoms with Crippen LogP contribution in [0.15, 0.2) is 42.6 Å². The molecule has 4 nitrogen and oxygen atoms in total. The van der Waals surface area contributed by atoms with Crippen LogP contribution in [0.1, 0.15) is 24.0 Å². The van der Waals surface area contributed by atoms with E-state index in [1.54, 1.807) is 18.3 Å². The van der Waals surface area contributed by atoms with E-state index in [0.717, 1.165) is 38.3 Å². The summed E-state index contributed by atoms with van der Waals surface area (Å²) in [5, 5.41) is 0. The summed E-state index contributed by atoms with van der Waals surface area (Å²) in [7, 11) is 0. The Bertz CT molecular complexity index is 718. The molecule has 4 heterocycles. The van der Waals surface area contributed by atoms with E-state index in [-0.39, 0.29) is 5.82 Å². The van der Waals surface area contributed by atoms with Gasteiger partial charge in [0.05, 0.1) is 0 Å². The molecule has 5 heteroatoms. The van der Waals surface area contributed by atoms with Gasteiger partial charge in [-0.05, 0) is 42.5 Å². The van der Waals surface area contributed by atoms with E-state index in [9.17, 15) is 4.39 Å². The SMILES string of the molecule is Nc1ncccc1CN1C[C@H]2CC[C@@H]1CN(Cc1ccc(F)cc1)C2. The molecule has 0 amide bonds. The third-order valence-corrected chi connectivity index (χ3v) is 5.52. The summed E-state index contributed by atoms with van der Waals surface area (Å²) in [6.07, 6.45) is 4.28. The van der Waals surface area contributed by atoms with E-state index >= 15 is 0 Å². The molecule has 0 radical (unpaired) electrons. The molecule has 0 aliphatic carbocycles. The van der Waals surface area contributed by atoms with E-state index < -0.39 is 0 Å². The molecule has 1 aromatic heterocycles. The predicted octanol–water partition coefficient (Wildman–Crippen LogP) is 2.90. The van der Waals surface area contributed by atoms with Crippen LogP contribution >= 0.6 is 0 Å². The molecular weight excluding hydrogens is 315 g/mol. The molecule has 3 aliphatic heterocycles. The quantitative estimate of drug-likeness (QED) is 0.930. The molecule has 2 atom stereocenters. The molecule has 0 unspecified atom stereocenters. The van der Waals surface area contributed by atoms with E-state index in [4.69, 9.17) is 5.73 Å². The van der Waals surface area contributed by atoms with Crippen molar-refractivity contribution >= 4 is 5.82 Å². The average Bonchev–Trinajstić information content (AvgIpc) is 2.89. The van der Waals surface area contributed by atoms with Crippen LogP contribution in [0.4, 0.5) is 10.2 Å². The second kappa shape index (κ2) is 7.10. The van der Waals surface area contributed by atoms with Gasteiger partial charge in [-0.2, -0.15) is 0 Å². The number of fused-ring (bicyclic) bond motifs is 4. The monoisotopic (exact) mass is 340 g/mol. The summed E-state index contributed by atoms with van der Waals surface area (Å²) in [6, 6.07) is 11.5. The van der Waals surface area contributed by atoms with E-state index in [1.807, 2.05) is 18.2 Å². The zero-order valence-corrected chi connectivity index (χ0v) is 14.4. The number of hydrogen-bond donors (Lipinski definition) is 1. The topological polar surface area (TPSA) is 45.4 Å². The average molecular weight is 340 g/mol. The highest BCUT2D eigenvalue weighted by Gasteiger charge is 2.34. The van der Waals surface area contributed by atoms with Gasteiger partial charge in [-0.1, -0.05) is 18.2 Å². The predicted molar refractivity (Wildman–Crippen MR) is 97.2 cm³/mol. The molecule has 0 saturated carbocycles. The first-order valence-electron chi connectivity index (χ1n) is 9.07. The molecule has 3 saturated heterocycles. The molecule has 25 heavy (non-hydrogen) atoms. The molecule has 5 rings (SSSR count). The molecule has 1 aromatic carbocycles. The van der Waals surface area contributed by atoms with Gasteiger partial charge in [-0.25, -0.2) is 9.37 Å². The zero-order chi connectivity index (χ0) is 17.2. The minimum absolute atomic E-state index is 0.167. The molecular formula is C20H25FN4. The van der Waals surface area contributed by atoms with Crippen LogP contribution in [-0.2, 0) is 13.1 Å². The lowest BCUT2D eigenvalue weighted by Crippen LogP contribution is -2.43. The molecule has 3 fully saturated rings. The maximum atomic E-state index is 13.1. The fourth-order valence-corrected chi connectivity index (χ4v) is 4.25. The molecule has 2 aromatic rings. The molecule has 2 bridgehead atoms. The van der Waals surface area contributed by atoms with E-state index in [0.29, 0.717) is 17.8 Å². The molecule has 0 spiro atoms. The highest BCUT2D eigenvalue weighted by molar-refractivity contribution is 5.38. The number of benzene rings is 1. The number of rotatable bonds is 4. The Hall–Kier alpha value is -1.98. The van der Waals surface area contributed by atoms with Crippen LogP contribution in [0.5, 0.6) is 0 Å². The smallest absolute Gasteiger partial charge is 0.127 e. The number of pyridine rings is 1. The van der Waals surface area contributed by atoms with Crippen LogP contribution < -0.4 is 5.73 Å². The van der Waals surface area contributed by atoms with Crippen LogP contribution in [0.2, 0.25) is 0 Å². The highest BCUT2D eigenvalue weighted by atomic mass is 19.1. The Labute approximate surface area is 148 Å². The van der Waals surface area contributed by atoms with Crippen molar-refractivity contribution in [3.8, 4) is 0 Å². The number of aromatic nitrogens is 1. The van der Waals surface area contributed by atoms with Gasteiger partial charge in [0.1, 0.15) is 11.6 Å². The van der Waals surface area contributed by atoms with Crippen molar-refractivity contribution in [3.05, 3.63) is 59.5 Å². The van der Waals surface area contributed by atoms with Gasteiger partial charge in [-0.3, -0.25) is 9.80 Å². The minimum atomic E-state index is -0.167. The zero-order valence-electron chi connectivity index (χ0n) is 14.4. The maximum Gasteiger partial charge on any atom is 0.127 e. The summed E-state index contributed by atoms with van der Waals surface area (Å²) in [4.78, 5) is 9.32.